The molecular formula is C23H24ClN3OS2. The van der Waals surface area contributed by atoms with Crippen molar-refractivity contribution in [2.75, 3.05) is 32.1 Å². The van der Waals surface area contributed by atoms with Gasteiger partial charge in [-0.05, 0) is 70.2 Å². The Morgan fingerprint density at radius 2 is 1.77 bits per heavy atom. The summed E-state index contributed by atoms with van der Waals surface area (Å²) in [4.78, 5) is 22.9. The lowest BCUT2D eigenvalue weighted by molar-refractivity contribution is 0.0990. The van der Waals surface area contributed by atoms with Gasteiger partial charge in [-0.1, -0.05) is 41.1 Å². The highest BCUT2D eigenvalue weighted by atomic mass is 35.5. The maximum Gasteiger partial charge on any atom is 0.271 e. The van der Waals surface area contributed by atoms with Gasteiger partial charge in [0.1, 0.15) is 4.88 Å². The molecule has 0 aliphatic heterocycles. The van der Waals surface area contributed by atoms with Crippen molar-refractivity contribution in [1.82, 2.24) is 9.88 Å². The molecule has 2 aromatic heterocycles. The van der Waals surface area contributed by atoms with Crippen molar-refractivity contribution in [3.8, 4) is 0 Å². The summed E-state index contributed by atoms with van der Waals surface area (Å²) in [5.74, 6) is -0.0764. The third-order valence-corrected chi connectivity index (χ3v) is 7.89. The Morgan fingerprint density at radius 1 is 1.03 bits per heavy atom. The fraction of sp³-hybridized carbons (Fsp3) is 0.304. The summed E-state index contributed by atoms with van der Waals surface area (Å²) in [5.41, 5.74) is 3.37. The Hall–Kier alpha value is -1.99. The molecule has 0 atom stereocenters. The topological polar surface area (TPSA) is 36.4 Å². The summed E-state index contributed by atoms with van der Waals surface area (Å²) in [6.45, 7) is 5.68. The normalized spacial score (nSPS) is 11.7. The first-order valence-electron chi connectivity index (χ1n) is 9.86. The summed E-state index contributed by atoms with van der Waals surface area (Å²) < 4.78 is 2.12. The van der Waals surface area contributed by atoms with Gasteiger partial charge in [0.2, 0.25) is 0 Å². The lowest BCUT2D eigenvalue weighted by Gasteiger charge is -2.20. The van der Waals surface area contributed by atoms with E-state index in [2.05, 4.69) is 30.9 Å². The number of carbonyl (C=O) groups is 1. The molecular weight excluding hydrogens is 434 g/mol. The van der Waals surface area contributed by atoms with Crippen LogP contribution >= 0.6 is 34.3 Å². The number of amides is 1. The molecule has 0 aliphatic carbocycles. The quantitative estimate of drug-likeness (QED) is 0.337. The Labute approximate surface area is 189 Å². The molecule has 0 aliphatic rings. The molecule has 2 heterocycles. The number of aromatic nitrogens is 1. The largest absolute Gasteiger partial charge is 0.309 e. The molecule has 4 nitrogen and oxygen atoms in total. The standard InChI is InChI=1S/C23H24ClN3OS2/c1-14-12-17-19(13-15(14)2)30-23(25-17)27(11-7-10-26(3)4)22(28)21-20(24)16-8-5-6-9-18(16)29-21/h5-6,8-9,12-13H,7,10-11H2,1-4H3. The number of halogens is 1. The molecule has 0 N–H and O–H groups in total. The van der Waals surface area contributed by atoms with Crippen LogP contribution in [0, 0.1) is 13.8 Å². The van der Waals surface area contributed by atoms with Gasteiger partial charge in [0.15, 0.2) is 5.13 Å². The van der Waals surface area contributed by atoms with E-state index in [9.17, 15) is 4.79 Å². The van der Waals surface area contributed by atoms with Gasteiger partial charge in [-0.25, -0.2) is 4.98 Å². The van der Waals surface area contributed by atoms with E-state index in [4.69, 9.17) is 16.6 Å². The lowest BCUT2D eigenvalue weighted by atomic mass is 10.1. The zero-order valence-electron chi connectivity index (χ0n) is 17.5. The summed E-state index contributed by atoms with van der Waals surface area (Å²) >= 11 is 9.64. The third kappa shape index (κ3) is 4.10. The summed E-state index contributed by atoms with van der Waals surface area (Å²) in [5, 5.41) is 2.19. The van der Waals surface area contributed by atoms with Crippen LogP contribution < -0.4 is 4.90 Å². The zero-order valence-corrected chi connectivity index (χ0v) is 19.9. The summed E-state index contributed by atoms with van der Waals surface area (Å²) in [6, 6.07) is 12.1. The Kier molecular flexibility index (Phi) is 6.11. The highest BCUT2D eigenvalue weighted by Gasteiger charge is 2.26. The van der Waals surface area contributed by atoms with Gasteiger partial charge in [0.05, 0.1) is 15.2 Å². The van der Waals surface area contributed by atoms with Crippen LogP contribution in [0.25, 0.3) is 20.3 Å². The van der Waals surface area contributed by atoms with Gasteiger partial charge in [0.25, 0.3) is 5.91 Å². The Balaban J connectivity index is 1.75. The second kappa shape index (κ2) is 8.63. The molecule has 4 aromatic rings. The molecule has 30 heavy (non-hydrogen) atoms. The van der Waals surface area contributed by atoms with E-state index in [1.54, 1.807) is 16.2 Å². The SMILES string of the molecule is Cc1cc2nc(N(CCCN(C)C)C(=O)c3sc4ccccc4c3Cl)sc2cc1C. The number of hydrogen-bond donors (Lipinski definition) is 0. The number of thiophene rings is 1. The fourth-order valence-corrected chi connectivity index (χ4v) is 5.92. The minimum atomic E-state index is -0.0764. The maximum atomic E-state index is 13.6. The van der Waals surface area contributed by atoms with E-state index in [1.165, 1.54) is 22.5 Å². The first-order chi connectivity index (χ1) is 14.3. The number of nitrogens with zero attached hydrogens (tertiary/aromatic N) is 3. The fourth-order valence-electron chi connectivity index (χ4n) is 3.39. The highest BCUT2D eigenvalue weighted by Crippen LogP contribution is 2.38. The van der Waals surface area contributed by atoms with Crippen molar-refractivity contribution in [2.24, 2.45) is 0 Å². The van der Waals surface area contributed by atoms with E-state index in [1.807, 2.05) is 38.4 Å². The first-order valence-corrected chi connectivity index (χ1v) is 11.9. The van der Waals surface area contributed by atoms with Gasteiger partial charge in [-0.3, -0.25) is 9.69 Å². The predicted molar refractivity (Wildman–Crippen MR) is 131 cm³/mol. The smallest absolute Gasteiger partial charge is 0.271 e. The number of rotatable bonds is 6. The molecule has 1 amide bonds. The number of fused-ring (bicyclic) bond motifs is 2. The van der Waals surface area contributed by atoms with Crippen LogP contribution in [0.5, 0.6) is 0 Å². The van der Waals surface area contributed by atoms with Gasteiger partial charge in [-0.2, -0.15) is 0 Å². The van der Waals surface area contributed by atoms with Crippen molar-refractivity contribution in [3.63, 3.8) is 0 Å². The monoisotopic (exact) mass is 457 g/mol. The second-order valence-electron chi connectivity index (χ2n) is 7.76. The van der Waals surface area contributed by atoms with Crippen LogP contribution in [0.1, 0.15) is 27.2 Å². The molecule has 0 fully saturated rings. The third-order valence-electron chi connectivity index (χ3n) is 5.18. The molecule has 0 saturated carbocycles. The number of thiazole rings is 1. The van der Waals surface area contributed by atoms with E-state index in [0.29, 0.717) is 16.4 Å². The average Bonchev–Trinajstić information content (AvgIpc) is 3.26. The lowest BCUT2D eigenvalue weighted by Crippen LogP contribution is -2.33. The van der Waals surface area contributed by atoms with Crippen LogP contribution in [0.15, 0.2) is 36.4 Å². The van der Waals surface area contributed by atoms with E-state index < -0.39 is 0 Å². The minimum absolute atomic E-state index is 0.0764. The molecule has 0 radical (unpaired) electrons. The molecule has 7 heteroatoms. The van der Waals surface area contributed by atoms with Crippen LogP contribution in [0.2, 0.25) is 5.02 Å². The van der Waals surface area contributed by atoms with Crippen molar-refractivity contribution in [3.05, 3.63) is 57.4 Å². The Bertz CT molecular complexity index is 1190. The van der Waals surface area contributed by atoms with Crippen molar-refractivity contribution in [2.45, 2.75) is 20.3 Å². The number of aryl methyl sites for hydroxylation is 2. The zero-order chi connectivity index (χ0) is 21.4. The summed E-state index contributed by atoms with van der Waals surface area (Å²) in [6.07, 6.45) is 0.856. The maximum absolute atomic E-state index is 13.6. The number of hydrogen-bond acceptors (Lipinski definition) is 5. The molecule has 0 spiro atoms. The van der Waals surface area contributed by atoms with Gasteiger partial charge in [0, 0.05) is 16.6 Å². The number of benzene rings is 2. The average molecular weight is 458 g/mol. The van der Waals surface area contributed by atoms with Crippen molar-refractivity contribution in [1.29, 1.82) is 0 Å². The molecule has 0 saturated heterocycles. The highest BCUT2D eigenvalue weighted by molar-refractivity contribution is 7.23. The van der Waals surface area contributed by atoms with Gasteiger partial charge < -0.3 is 4.90 Å². The van der Waals surface area contributed by atoms with Crippen LogP contribution in [-0.4, -0.2) is 43.0 Å². The van der Waals surface area contributed by atoms with E-state index in [0.717, 1.165) is 38.4 Å². The molecule has 2 aromatic carbocycles. The van der Waals surface area contributed by atoms with E-state index in [-0.39, 0.29) is 5.91 Å². The van der Waals surface area contributed by atoms with Crippen molar-refractivity contribution < 1.29 is 4.79 Å². The van der Waals surface area contributed by atoms with Gasteiger partial charge >= 0.3 is 0 Å². The van der Waals surface area contributed by atoms with Crippen LogP contribution in [0.4, 0.5) is 5.13 Å². The Morgan fingerprint density at radius 3 is 2.50 bits per heavy atom. The van der Waals surface area contributed by atoms with Gasteiger partial charge in [-0.15, -0.1) is 11.3 Å². The number of carbonyl (C=O) groups excluding carboxylic acids is 1. The van der Waals surface area contributed by atoms with Crippen LogP contribution in [-0.2, 0) is 0 Å². The minimum Gasteiger partial charge on any atom is -0.309 e. The second-order valence-corrected chi connectivity index (χ2v) is 10.2. The van der Waals surface area contributed by atoms with Crippen LogP contribution in [0.3, 0.4) is 0 Å². The first kappa shape index (κ1) is 21.2. The molecule has 0 unspecified atom stereocenters. The predicted octanol–water partition coefficient (Wildman–Crippen LogP) is 6.38. The summed E-state index contributed by atoms with van der Waals surface area (Å²) in [7, 11) is 4.08. The molecule has 0 bridgehead atoms. The number of anilines is 1. The van der Waals surface area contributed by atoms with Crippen molar-refractivity contribution >= 4 is 65.6 Å². The molecule has 156 valence electrons. The molecule has 4 rings (SSSR count). The van der Waals surface area contributed by atoms with E-state index >= 15 is 0 Å².